The van der Waals surface area contributed by atoms with E-state index in [1.165, 1.54) is 51.4 Å². The van der Waals surface area contributed by atoms with E-state index in [1.807, 2.05) is 0 Å². The van der Waals surface area contributed by atoms with Gasteiger partial charge in [0.25, 0.3) is 0 Å². The number of imide groups is 1. The molecule has 7 fully saturated rings. The number of carbonyl (C=O) groups is 2. The lowest BCUT2D eigenvalue weighted by Crippen LogP contribution is -2.52. The minimum atomic E-state index is -0.00101. The van der Waals surface area contributed by atoms with E-state index in [2.05, 4.69) is 12.2 Å². The molecule has 6 saturated carbocycles. The quantitative estimate of drug-likeness (QED) is 0.572. The van der Waals surface area contributed by atoms with Gasteiger partial charge >= 0.3 is 0 Å². The fourth-order valence-corrected chi connectivity index (χ4v) is 9.12. The van der Waals surface area contributed by atoms with Crippen LogP contribution in [0.4, 0.5) is 0 Å². The molecule has 0 aromatic carbocycles. The first-order valence-corrected chi connectivity index (χ1v) is 10.6. The highest BCUT2D eigenvalue weighted by Gasteiger charge is 2.73. The highest BCUT2D eigenvalue weighted by molar-refractivity contribution is 6.06. The summed E-state index contributed by atoms with van der Waals surface area (Å²) in [5.41, 5.74) is 0.607. The fraction of sp³-hybridized carbons (Fsp3) is 0.818. The summed E-state index contributed by atoms with van der Waals surface area (Å²) in [6.07, 6.45) is 15.1. The van der Waals surface area contributed by atoms with Gasteiger partial charge in [-0.15, -0.1) is 0 Å². The minimum absolute atomic E-state index is 0.00101. The zero-order chi connectivity index (χ0) is 16.6. The zero-order valence-corrected chi connectivity index (χ0v) is 14.8. The van der Waals surface area contributed by atoms with Crippen molar-refractivity contribution in [2.75, 3.05) is 6.54 Å². The van der Waals surface area contributed by atoms with Crippen molar-refractivity contribution in [2.24, 2.45) is 52.3 Å². The highest BCUT2D eigenvalue weighted by atomic mass is 16.2. The molecule has 1 spiro atoms. The highest BCUT2D eigenvalue weighted by Crippen LogP contribution is 2.73. The molecule has 0 radical (unpaired) electrons. The monoisotopic (exact) mass is 337 g/mol. The molecule has 1 saturated heterocycles. The van der Waals surface area contributed by atoms with Gasteiger partial charge in [-0.1, -0.05) is 12.2 Å². The fourth-order valence-electron chi connectivity index (χ4n) is 9.12. The molecule has 0 aromatic rings. The maximum absolute atomic E-state index is 13.3. The number of nitrogens with zero attached hydrogens (tertiary/aromatic N) is 1. The van der Waals surface area contributed by atoms with Crippen molar-refractivity contribution >= 4 is 11.8 Å². The van der Waals surface area contributed by atoms with Gasteiger partial charge in [0.05, 0.1) is 11.8 Å². The van der Waals surface area contributed by atoms with Crippen molar-refractivity contribution in [1.82, 2.24) is 4.90 Å². The molecule has 132 valence electrons. The van der Waals surface area contributed by atoms with E-state index in [9.17, 15) is 9.59 Å². The van der Waals surface area contributed by atoms with Crippen LogP contribution in [0, 0.1) is 52.3 Å². The third kappa shape index (κ3) is 1.52. The molecule has 0 N–H and O–H groups in total. The van der Waals surface area contributed by atoms with Gasteiger partial charge < -0.3 is 0 Å². The molecule has 7 aliphatic carbocycles. The third-order valence-electron chi connectivity index (χ3n) is 9.60. The summed E-state index contributed by atoms with van der Waals surface area (Å²) in [5.74, 6) is 3.80. The van der Waals surface area contributed by atoms with Crippen molar-refractivity contribution in [2.45, 2.75) is 51.4 Å². The number of rotatable bonds is 2. The van der Waals surface area contributed by atoms with Gasteiger partial charge in [0.1, 0.15) is 0 Å². The Labute approximate surface area is 149 Å². The molecule has 8 rings (SSSR count). The maximum Gasteiger partial charge on any atom is 0.233 e. The van der Waals surface area contributed by atoms with Crippen LogP contribution >= 0.6 is 0 Å². The molecule has 4 atom stereocenters. The zero-order valence-electron chi connectivity index (χ0n) is 14.8. The van der Waals surface area contributed by atoms with Crippen LogP contribution in [0.5, 0.6) is 0 Å². The number of carbonyl (C=O) groups excluding carboxylic acids is 2. The molecule has 0 unspecified atom stereocenters. The molecular weight excluding hydrogens is 310 g/mol. The first kappa shape index (κ1) is 14.0. The van der Waals surface area contributed by atoms with Gasteiger partial charge in [0, 0.05) is 6.54 Å². The Balaban J connectivity index is 1.20. The summed E-state index contributed by atoms with van der Waals surface area (Å²) in [4.78, 5) is 28.4. The van der Waals surface area contributed by atoms with Crippen LogP contribution in [-0.4, -0.2) is 23.3 Å². The Morgan fingerprint density at radius 1 is 0.840 bits per heavy atom. The number of likely N-dealkylation sites (tertiary alicyclic amines) is 1. The molecular formula is C22H27NO2. The summed E-state index contributed by atoms with van der Waals surface area (Å²) in [6, 6.07) is 0. The lowest BCUT2D eigenvalue weighted by Gasteiger charge is -2.57. The Hall–Kier alpha value is -1.12. The predicted molar refractivity (Wildman–Crippen MR) is 92.1 cm³/mol. The van der Waals surface area contributed by atoms with Crippen molar-refractivity contribution in [1.29, 1.82) is 0 Å². The van der Waals surface area contributed by atoms with E-state index in [-0.39, 0.29) is 29.1 Å². The van der Waals surface area contributed by atoms with Gasteiger partial charge in [-0.05, 0) is 91.8 Å². The first-order valence-electron chi connectivity index (χ1n) is 10.6. The van der Waals surface area contributed by atoms with Crippen LogP contribution in [0.25, 0.3) is 0 Å². The van der Waals surface area contributed by atoms with Crippen LogP contribution in [0.3, 0.4) is 0 Å². The van der Waals surface area contributed by atoms with E-state index in [1.54, 1.807) is 4.90 Å². The minimum Gasteiger partial charge on any atom is -0.282 e. The lowest BCUT2D eigenvalue weighted by molar-refractivity contribution is -0.147. The second-order valence-electron chi connectivity index (χ2n) is 10.9. The summed E-state index contributed by atoms with van der Waals surface area (Å²) in [5, 5.41) is 0. The Morgan fingerprint density at radius 2 is 1.32 bits per heavy atom. The average Bonchev–Trinajstić information content (AvgIpc) is 3.17. The van der Waals surface area contributed by atoms with Crippen molar-refractivity contribution < 1.29 is 9.59 Å². The van der Waals surface area contributed by atoms with Crippen LogP contribution in [0.15, 0.2) is 12.2 Å². The summed E-state index contributed by atoms with van der Waals surface area (Å²) >= 11 is 0. The third-order valence-corrected chi connectivity index (χ3v) is 9.60. The molecule has 25 heavy (non-hydrogen) atoms. The van der Waals surface area contributed by atoms with E-state index < -0.39 is 0 Å². The van der Waals surface area contributed by atoms with Crippen molar-refractivity contribution in [3.05, 3.63) is 12.2 Å². The summed E-state index contributed by atoms with van der Waals surface area (Å²) < 4.78 is 0. The summed E-state index contributed by atoms with van der Waals surface area (Å²) in [6.45, 7) is 0.758. The van der Waals surface area contributed by atoms with Gasteiger partial charge in [-0.3, -0.25) is 14.5 Å². The summed E-state index contributed by atoms with van der Waals surface area (Å²) in [7, 11) is 0. The first-order chi connectivity index (χ1) is 12.1. The van der Waals surface area contributed by atoms with Crippen LogP contribution in [0.1, 0.15) is 51.4 Å². The maximum atomic E-state index is 13.3. The number of fused-ring (bicyclic) bond motifs is 3. The average molecular weight is 337 g/mol. The number of hydrogen-bond donors (Lipinski definition) is 0. The van der Waals surface area contributed by atoms with E-state index in [0.717, 1.165) is 24.3 Å². The SMILES string of the molecule is O=C1[C@H]2[C@H](C(=O)N1CC13CC4CC(CC(C4)C1)C3)[C@H]1C=C[C@H]2C12CC2. The molecule has 8 aliphatic rings. The smallest absolute Gasteiger partial charge is 0.233 e. The topological polar surface area (TPSA) is 37.4 Å². The lowest BCUT2D eigenvalue weighted by atomic mass is 9.49. The van der Waals surface area contributed by atoms with E-state index in [4.69, 9.17) is 0 Å². The van der Waals surface area contributed by atoms with Gasteiger partial charge in [0.15, 0.2) is 0 Å². The van der Waals surface area contributed by atoms with Crippen LogP contribution in [0.2, 0.25) is 0 Å². The van der Waals surface area contributed by atoms with Crippen LogP contribution in [-0.2, 0) is 9.59 Å². The largest absolute Gasteiger partial charge is 0.282 e. The molecule has 3 heteroatoms. The standard InChI is InChI=1S/C22H27NO2/c24-19-17-15-1-2-16(22(15)3-4-22)18(17)20(25)23(19)11-21-8-12-5-13(9-21)7-14(6-12)10-21/h1-2,12-18H,3-11H2/t12?,13?,14?,15-,16-,17-,18-,21?/m1/s1. The number of hydrogen-bond acceptors (Lipinski definition) is 2. The van der Waals surface area contributed by atoms with Gasteiger partial charge in [0.2, 0.25) is 11.8 Å². The molecule has 2 amide bonds. The second-order valence-corrected chi connectivity index (χ2v) is 10.9. The number of allylic oxidation sites excluding steroid dienone is 2. The normalized spacial score (nSPS) is 55.7. The Kier molecular flexibility index (Phi) is 2.28. The molecule has 6 bridgehead atoms. The second kappa shape index (κ2) is 4.07. The van der Waals surface area contributed by atoms with E-state index >= 15 is 0 Å². The van der Waals surface area contributed by atoms with E-state index in [0.29, 0.717) is 17.3 Å². The van der Waals surface area contributed by atoms with Gasteiger partial charge in [-0.2, -0.15) is 0 Å². The predicted octanol–water partition coefficient (Wildman–Crippen LogP) is 3.40. The van der Waals surface area contributed by atoms with Crippen LogP contribution < -0.4 is 0 Å². The molecule has 0 aromatic heterocycles. The molecule has 1 aliphatic heterocycles. The van der Waals surface area contributed by atoms with Crippen molar-refractivity contribution in [3.8, 4) is 0 Å². The van der Waals surface area contributed by atoms with Gasteiger partial charge in [-0.25, -0.2) is 0 Å². The van der Waals surface area contributed by atoms with Crippen molar-refractivity contribution in [3.63, 3.8) is 0 Å². The Bertz CT molecular complexity index is 663. The Morgan fingerprint density at radius 3 is 1.76 bits per heavy atom. The molecule has 3 nitrogen and oxygen atoms in total. The number of amides is 2. The molecule has 1 heterocycles.